The zero-order valence-corrected chi connectivity index (χ0v) is 14.2. The molecule has 25 heavy (non-hydrogen) atoms. The van der Waals surface area contributed by atoms with Crippen LogP contribution >= 0.6 is 0 Å². The normalized spacial score (nSPS) is 12.7. The Morgan fingerprint density at radius 2 is 1.40 bits per heavy atom. The van der Waals surface area contributed by atoms with Gasteiger partial charge < -0.3 is 4.57 Å². The number of imidazole rings is 1. The number of rotatable bonds is 4. The van der Waals surface area contributed by atoms with Gasteiger partial charge in [0.1, 0.15) is 5.82 Å². The van der Waals surface area contributed by atoms with E-state index in [-0.39, 0.29) is 6.04 Å². The Bertz CT molecular complexity index is 998. The van der Waals surface area contributed by atoms with Gasteiger partial charge in [0.2, 0.25) is 0 Å². The van der Waals surface area contributed by atoms with Crippen LogP contribution < -0.4 is 0 Å². The Balaban J connectivity index is 1.82. The Hall–Kier alpha value is -3.13. The fraction of sp³-hybridized carbons (Fsp3) is 0.0870. The first-order valence-electron chi connectivity index (χ1n) is 8.58. The molecule has 0 aliphatic heterocycles. The Morgan fingerprint density at radius 3 is 2.16 bits per heavy atom. The van der Waals surface area contributed by atoms with Crippen LogP contribution in [-0.4, -0.2) is 9.55 Å². The third kappa shape index (κ3) is 3.11. The molecule has 3 aromatic carbocycles. The van der Waals surface area contributed by atoms with Gasteiger partial charge in [-0.2, -0.15) is 0 Å². The zero-order chi connectivity index (χ0) is 17.1. The van der Waals surface area contributed by atoms with Gasteiger partial charge in [-0.15, -0.1) is 0 Å². The molecule has 4 aromatic rings. The topological polar surface area (TPSA) is 17.8 Å². The predicted octanol–water partition coefficient (Wildman–Crippen LogP) is 5.82. The van der Waals surface area contributed by atoms with Crippen LogP contribution in [0.25, 0.3) is 23.2 Å². The molecular formula is C23H20N2. The summed E-state index contributed by atoms with van der Waals surface area (Å²) in [6, 6.07) is 29.4. The lowest BCUT2D eigenvalue weighted by atomic mass is 10.1. The lowest BCUT2D eigenvalue weighted by Gasteiger charge is -2.17. The summed E-state index contributed by atoms with van der Waals surface area (Å²) >= 11 is 0. The SMILES string of the molecule is C[C@@H](c1ccccc1)n1c(/C=C\c2ccccc2)nc2ccccc21. The largest absolute Gasteiger partial charge is 0.317 e. The standard InChI is InChI=1S/C23H20N2/c1-18(20-12-6-3-7-13-20)25-22-15-9-8-14-21(22)24-23(25)17-16-19-10-4-2-5-11-19/h2-18H,1H3/b17-16-/t18-/m0/s1. The molecule has 0 fully saturated rings. The monoisotopic (exact) mass is 324 g/mol. The lowest BCUT2D eigenvalue weighted by molar-refractivity contribution is 0.652. The number of hydrogen-bond donors (Lipinski definition) is 0. The highest BCUT2D eigenvalue weighted by molar-refractivity contribution is 5.80. The predicted molar refractivity (Wildman–Crippen MR) is 105 cm³/mol. The second-order valence-electron chi connectivity index (χ2n) is 6.16. The molecule has 1 heterocycles. The van der Waals surface area contributed by atoms with Crippen molar-refractivity contribution in [1.82, 2.24) is 9.55 Å². The van der Waals surface area contributed by atoms with E-state index in [1.807, 2.05) is 12.1 Å². The van der Waals surface area contributed by atoms with Crippen LogP contribution in [0.5, 0.6) is 0 Å². The number of benzene rings is 3. The number of fused-ring (bicyclic) bond motifs is 1. The van der Waals surface area contributed by atoms with E-state index in [1.165, 1.54) is 11.1 Å². The molecule has 0 aliphatic rings. The maximum Gasteiger partial charge on any atom is 0.134 e. The highest BCUT2D eigenvalue weighted by Gasteiger charge is 2.15. The molecule has 0 spiro atoms. The smallest absolute Gasteiger partial charge is 0.134 e. The minimum atomic E-state index is 0.212. The number of para-hydroxylation sites is 2. The number of aromatic nitrogens is 2. The second-order valence-corrected chi connectivity index (χ2v) is 6.16. The summed E-state index contributed by atoms with van der Waals surface area (Å²) in [7, 11) is 0. The average Bonchev–Trinajstić information content (AvgIpc) is 3.05. The van der Waals surface area contributed by atoms with Crippen LogP contribution in [0.15, 0.2) is 84.9 Å². The van der Waals surface area contributed by atoms with Crippen molar-refractivity contribution >= 4 is 23.2 Å². The third-order valence-corrected chi connectivity index (χ3v) is 4.52. The molecule has 1 atom stereocenters. The molecule has 0 saturated carbocycles. The van der Waals surface area contributed by atoms with Crippen LogP contribution in [0.1, 0.15) is 29.9 Å². The van der Waals surface area contributed by atoms with Gasteiger partial charge in [-0.25, -0.2) is 4.98 Å². The first kappa shape index (κ1) is 15.4. The Labute approximate surface area is 148 Å². The minimum Gasteiger partial charge on any atom is -0.317 e. The maximum atomic E-state index is 4.85. The van der Waals surface area contributed by atoms with Gasteiger partial charge in [0.25, 0.3) is 0 Å². The van der Waals surface area contributed by atoms with Crippen LogP contribution in [0, 0.1) is 0 Å². The van der Waals surface area contributed by atoms with Gasteiger partial charge in [0.15, 0.2) is 0 Å². The van der Waals surface area contributed by atoms with Crippen molar-refractivity contribution in [2.45, 2.75) is 13.0 Å². The lowest BCUT2D eigenvalue weighted by Crippen LogP contribution is -2.08. The molecule has 1 aromatic heterocycles. The molecular weight excluding hydrogens is 304 g/mol. The van der Waals surface area contributed by atoms with Crippen molar-refractivity contribution in [2.24, 2.45) is 0 Å². The molecule has 0 bridgehead atoms. The molecule has 0 amide bonds. The number of nitrogens with zero attached hydrogens (tertiary/aromatic N) is 2. The van der Waals surface area contributed by atoms with Crippen molar-refractivity contribution in [2.75, 3.05) is 0 Å². The van der Waals surface area contributed by atoms with Gasteiger partial charge in [0, 0.05) is 0 Å². The Kier molecular flexibility index (Phi) is 4.17. The zero-order valence-electron chi connectivity index (χ0n) is 14.2. The molecule has 2 heteroatoms. The van der Waals surface area contributed by atoms with E-state index < -0.39 is 0 Å². The average molecular weight is 324 g/mol. The van der Waals surface area contributed by atoms with Crippen molar-refractivity contribution in [3.05, 3.63) is 102 Å². The third-order valence-electron chi connectivity index (χ3n) is 4.52. The van der Waals surface area contributed by atoms with Crippen LogP contribution in [0.2, 0.25) is 0 Å². The minimum absolute atomic E-state index is 0.212. The van der Waals surface area contributed by atoms with Crippen molar-refractivity contribution in [3.63, 3.8) is 0 Å². The van der Waals surface area contributed by atoms with Crippen LogP contribution in [-0.2, 0) is 0 Å². The summed E-state index contributed by atoms with van der Waals surface area (Å²) < 4.78 is 2.31. The molecule has 0 saturated heterocycles. The first-order valence-corrected chi connectivity index (χ1v) is 8.58. The summed E-state index contributed by atoms with van der Waals surface area (Å²) in [5.74, 6) is 0.974. The van der Waals surface area contributed by atoms with E-state index >= 15 is 0 Å². The van der Waals surface area contributed by atoms with Gasteiger partial charge in [-0.05, 0) is 36.3 Å². The van der Waals surface area contributed by atoms with Gasteiger partial charge in [-0.1, -0.05) is 78.9 Å². The van der Waals surface area contributed by atoms with Crippen LogP contribution in [0.4, 0.5) is 0 Å². The fourth-order valence-electron chi connectivity index (χ4n) is 3.20. The van der Waals surface area contributed by atoms with E-state index in [0.29, 0.717) is 0 Å². The van der Waals surface area contributed by atoms with E-state index in [9.17, 15) is 0 Å². The summed E-state index contributed by atoms with van der Waals surface area (Å²) in [5.41, 5.74) is 4.64. The number of hydrogen-bond acceptors (Lipinski definition) is 1. The molecule has 0 aliphatic carbocycles. The molecule has 2 nitrogen and oxygen atoms in total. The molecule has 0 radical (unpaired) electrons. The van der Waals surface area contributed by atoms with E-state index in [0.717, 1.165) is 16.9 Å². The Morgan fingerprint density at radius 1 is 0.760 bits per heavy atom. The van der Waals surface area contributed by atoms with E-state index in [4.69, 9.17) is 4.98 Å². The van der Waals surface area contributed by atoms with Crippen molar-refractivity contribution in [3.8, 4) is 0 Å². The highest BCUT2D eigenvalue weighted by Crippen LogP contribution is 2.27. The van der Waals surface area contributed by atoms with Crippen molar-refractivity contribution in [1.29, 1.82) is 0 Å². The molecule has 0 unspecified atom stereocenters. The molecule has 4 rings (SSSR count). The van der Waals surface area contributed by atoms with Crippen molar-refractivity contribution < 1.29 is 0 Å². The summed E-state index contributed by atoms with van der Waals surface area (Å²) in [6.07, 6.45) is 4.23. The van der Waals surface area contributed by atoms with E-state index in [1.54, 1.807) is 0 Å². The van der Waals surface area contributed by atoms with Gasteiger partial charge in [-0.3, -0.25) is 0 Å². The molecule has 122 valence electrons. The quantitative estimate of drug-likeness (QED) is 0.463. The van der Waals surface area contributed by atoms with Gasteiger partial charge in [0.05, 0.1) is 17.1 Å². The summed E-state index contributed by atoms with van der Waals surface area (Å²) in [5, 5.41) is 0. The summed E-state index contributed by atoms with van der Waals surface area (Å²) in [6.45, 7) is 2.23. The highest BCUT2D eigenvalue weighted by atomic mass is 15.1. The second kappa shape index (κ2) is 6.78. The van der Waals surface area contributed by atoms with Crippen LogP contribution in [0.3, 0.4) is 0 Å². The first-order chi connectivity index (χ1) is 12.3. The fourth-order valence-corrected chi connectivity index (χ4v) is 3.20. The molecule has 0 N–H and O–H groups in total. The summed E-state index contributed by atoms with van der Waals surface area (Å²) in [4.78, 5) is 4.85. The maximum absolute atomic E-state index is 4.85. The van der Waals surface area contributed by atoms with E-state index in [2.05, 4.69) is 96.4 Å². The van der Waals surface area contributed by atoms with Gasteiger partial charge >= 0.3 is 0 Å².